The summed E-state index contributed by atoms with van der Waals surface area (Å²) in [7, 11) is -3.34. The van der Waals surface area contributed by atoms with Crippen LogP contribution in [0.1, 0.15) is 9.67 Å². The van der Waals surface area contributed by atoms with Gasteiger partial charge in [0.15, 0.2) is 0 Å². The van der Waals surface area contributed by atoms with Crippen molar-refractivity contribution in [1.29, 1.82) is 0 Å². The number of nitrogens with zero attached hydrogens (tertiary/aromatic N) is 2. The Morgan fingerprint density at radius 1 is 1.12 bits per heavy atom. The summed E-state index contributed by atoms with van der Waals surface area (Å²) in [4.78, 5) is 38.3. The summed E-state index contributed by atoms with van der Waals surface area (Å²) in [5, 5.41) is 10.2. The van der Waals surface area contributed by atoms with E-state index in [0.29, 0.717) is 20.2 Å². The summed E-state index contributed by atoms with van der Waals surface area (Å²) in [6.45, 7) is 0. The Balaban J connectivity index is 1.94. The Bertz CT molecular complexity index is 1660. The molecule has 0 fully saturated rings. The first-order valence-corrected chi connectivity index (χ1v) is 11.4. The van der Waals surface area contributed by atoms with Gasteiger partial charge in [0.25, 0.3) is 15.6 Å². The highest BCUT2D eigenvalue weighted by Gasteiger charge is 2.26. The van der Waals surface area contributed by atoms with Gasteiger partial charge in [0.1, 0.15) is 16.5 Å². The lowest BCUT2D eigenvalue weighted by Crippen LogP contribution is -2.35. The number of aromatic nitrogens is 2. The second kappa shape index (κ2) is 7.94. The fourth-order valence-electron chi connectivity index (χ4n) is 3.23. The van der Waals surface area contributed by atoms with Crippen LogP contribution in [0.3, 0.4) is 0 Å². The molecule has 4 rings (SSSR count). The van der Waals surface area contributed by atoms with E-state index in [1.54, 1.807) is 0 Å². The maximum absolute atomic E-state index is 14.7. The van der Waals surface area contributed by atoms with E-state index in [1.807, 2.05) is 0 Å². The molecule has 2 aromatic carbocycles. The van der Waals surface area contributed by atoms with Crippen molar-refractivity contribution in [2.24, 2.45) is 0 Å². The zero-order valence-corrected chi connectivity index (χ0v) is 18.2. The van der Waals surface area contributed by atoms with Crippen molar-refractivity contribution >= 4 is 43.9 Å². The van der Waals surface area contributed by atoms with Gasteiger partial charge < -0.3 is 10.1 Å². The molecule has 33 heavy (non-hydrogen) atoms. The highest BCUT2D eigenvalue weighted by molar-refractivity contribution is 7.92. The number of para-hydroxylation sites is 1. The summed E-state index contributed by atoms with van der Waals surface area (Å²) >= 11 is 0.697. The molecular weight excluding hydrogens is 480 g/mol. The number of halogens is 2. The van der Waals surface area contributed by atoms with Crippen molar-refractivity contribution in [1.82, 2.24) is 9.55 Å². The van der Waals surface area contributed by atoms with E-state index < -0.39 is 49.5 Å². The zero-order valence-electron chi connectivity index (χ0n) is 16.6. The number of anilines is 1. The lowest BCUT2D eigenvalue weighted by atomic mass is 10.2. The minimum absolute atomic E-state index is 0.0490. The van der Waals surface area contributed by atoms with Crippen molar-refractivity contribution in [3.63, 3.8) is 0 Å². The SMILES string of the molecule is CN(c1ccccc1F)S(=O)(=O)c1ccc(F)c(-n2c(=O)[nH]c3csc(C(=O)O)c3c2=O)c1. The lowest BCUT2D eigenvalue weighted by molar-refractivity contribution is 0.0704. The minimum Gasteiger partial charge on any atom is -0.477 e. The third-order valence-electron chi connectivity index (χ3n) is 4.86. The Hall–Kier alpha value is -3.84. The van der Waals surface area contributed by atoms with Crippen LogP contribution in [0.15, 0.2) is 62.3 Å². The van der Waals surface area contributed by atoms with Gasteiger partial charge in [-0.15, -0.1) is 11.3 Å². The zero-order chi connectivity index (χ0) is 24.1. The molecule has 4 aromatic rings. The molecule has 0 aliphatic rings. The fraction of sp³-hybridized carbons (Fsp3) is 0.0500. The van der Waals surface area contributed by atoms with Gasteiger partial charge >= 0.3 is 11.7 Å². The number of aromatic amines is 1. The summed E-state index contributed by atoms with van der Waals surface area (Å²) in [5.41, 5.74) is -3.27. The normalized spacial score (nSPS) is 11.6. The molecule has 0 unspecified atom stereocenters. The van der Waals surface area contributed by atoms with E-state index in [4.69, 9.17) is 0 Å². The first-order valence-electron chi connectivity index (χ1n) is 9.07. The summed E-state index contributed by atoms with van der Waals surface area (Å²) < 4.78 is 55.9. The smallest absolute Gasteiger partial charge is 0.346 e. The number of hydrogen-bond donors (Lipinski definition) is 2. The molecule has 9 nitrogen and oxygen atoms in total. The molecule has 13 heteroatoms. The average molecular weight is 493 g/mol. The molecule has 0 amide bonds. The number of nitrogens with one attached hydrogen (secondary N) is 1. The van der Waals surface area contributed by atoms with Gasteiger partial charge in [-0.2, -0.15) is 0 Å². The van der Waals surface area contributed by atoms with Crippen LogP contribution in [0.2, 0.25) is 0 Å². The van der Waals surface area contributed by atoms with Crippen LogP contribution < -0.4 is 15.6 Å². The highest BCUT2D eigenvalue weighted by atomic mass is 32.2. The van der Waals surface area contributed by atoms with Crippen molar-refractivity contribution in [2.75, 3.05) is 11.4 Å². The molecular formula is C20H13F2N3O6S2. The number of sulfonamides is 1. The largest absolute Gasteiger partial charge is 0.477 e. The van der Waals surface area contributed by atoms with Gasteiger partial charge in [-0.25, -0.2) is 31.4 Å². The molecule has 0 aliphatic heterocycles. The maximum Gasteiger partial charge on any atom is 0.346 e. The number of hydrogen-bond acceptors (Lipinski definition) is 6. The van der Waals surface area contributed by atoms with E-state index in [1.165, 1.54) is 23.6 Å². The highest BCUT2D eigenvalue weighted by Crippen LogP contribution is 2.27. The van der Waals surface area contributed by atoms with Gasteiger partial charge in [0.05, 0.1) is 27.2 Å². The van der Waals surface area contributed by atoms with Crippen molar-refractivity contribution in [2.45, 2.75) is 4.90 Å². The predicted octanol–water partition coefficient (Wildman–Crippen LogP) is 2.54. The third kappa shape index (κ3) is 3.60. The first-order chi connectivity index (χ1) is 15.5. The standard InChI is InChI=1S/C20H13F2N3O6S2/c1-24(14-5-3-2-4-11(14)21)33(30,31)10-6-7-12(22)15(8-10)25-18(26)16-13(23-20(25)29)9-32-17(16)19(27)28/h2-9H,1H3,(H,23,29)(H,27,28). The minimum atomic E-state index is -4.43. The molecule has 2 N–H and O–H groups in total. The van der Waals surface area contributed by atoms with Gasteiger partial charge in [-0.05, 0) is 30.3 Å². The fourth-order valence-corrected chi connectivity index (χ4v) is 5.28. The topological polar surface area (TPSA) is 130 Å². The molecule has 0 saturated carbocycles. The van der Waals surface area contributed by atoms with E-state index in [9.17, 15) is 36.7 Å². The van der Waals surface area contributed by atoms with Gasteiger partial charge in [0.2, 0.25) is 0 Å². The Labute approximate surface area is 187 Å². The molecule has 0 saturated heterocycles. The van der Waals surface area contributed by atoms with Crippen LogP contribution in [0.5, 0.6) is 0 Å². The van der Waals surface area contributed by atoms with Crippen molar-refractivity contribution in [3.8, 4) is 5.69 Å². The molecule has 0 aliphatic carbocycles. The maximum atomic E-state index is 14.7. The van der Waals surface area contributed by atoms with Crippen LogP contribution in [0.25, 0.3) is 16.6 Å². The Morgan fingerprint density at radius 2 is 1.82 bits per heavy atom. The monoisotopic (exact) mass is 493 g/mol. The molecule has 0 bridgehead atoms. The molecule has 0 radical (unpaired) electrons. The number of carboxylic acid groups (broad SMARTS) is 1. The Kier molecular flexibility index (Phi) is 5.38. The number of carboxylic acids is 1. The summed E-state index contributed by atoms with van der Waals surface area (Å²) in [6.07, 6.45) is 0. The number of fused-ring (bicyclic) bond motifs is 1. The third-order valence-corrected chi connectivity index (χ3v) is 7.59. The summed E-state index contributed by atoms with van der Waals surface area (Å²) in [6, 6.07) is 7.47. The van der Waals surface area contributed by atoms with Gasteiger partial charge in [-0.1, -0.05) is 12.1 Å². The van der Waals surface area contributed by atoms with E-state index in [-0.39, 0.29) is 21.5 Å². The lowest BCUT2D eigenvalue weighted by Gasteiger charge is -2.20. The van der Waals surface area contributed by atoms with Gasteiger partial charge in [-0.3, -0.25) is 9.10 Å². The number of thiophene rings is 1. The molecule has 2 aromatic heterocycles. The van der Waals surface area contributed by atoms with Crippen LogP contribution in [0.4, 0.5) is 14.5 Å². The first kappa shape index (κ1) is 22.4. The Morgan fingerprint density at radius 3 is 2.48 bits per heavy atom. The van der Waals surface area contributed by atoms with Crippen LogP contribution in [-0.2, 0) is 10.0 Å². The number of benzene rings is 2. The van der Waals surface area contributed by atoms with Crippen LogP contribution in [0, 0.1) is 11.6 Å². The number of H-pyrrole nitrogens is 1. The molecule has 170 valence electrons. The van der Waals surface area contributed by atoms with Crippen molar-refractivity contribution < 1.29 is 27.1 Å². The molecule has 2 heterocycles. The molecule has 0 spiro atoms. The average Bonchev–Trinajstić information content (AvgIpc) is 3.19. The van der Waals surface area contributed by atoms with Crippen LogP contribution in [-0.4, -0.2) is 36.1 Å². The van der Waals surface area contributed by atoms with E-state index in [2.05, 4.69) is 4.98 Å². The number of aromatic carboxylic acids is 1. The second-order valence-corrected chi connectivity index (χ2v) is 9.62. The summed E-state index contributed by atoms with van der Waals surface area (Å²) in [5.74, 6) is -3.35. The predicted molar refractivity (Wildman–Crippen MR) is 117 cm³/mol. The second-order valence-electron chi connectivity index (χ2n) is 6.77. The van der Waals surface area contributed by atoms with Gasteiger partial charge in [0, 0.05) is 12.4 Å². The van der Waals surface area contributed by atoms with Crippen LogP contribution >= 0.6 is 11.3 Å². The number of carbonyl (C=O) groups is 1. The molecule has 0 atom stereocenters. The van der Waals surface area contributed by atoms with E-state index >= 15 is 0 Å². The van der Waals surface area contributed by atoms with E-state index in [0.717, 1.165) is 31.3 Å². The quantitative estimate of drug-likeness (QED) is 0.440. The van der Waals surface area contributed by atoms with Crippen molar-refractivity contribution in [3.05, 3.63) is 85.2 Å². The number of rotatable bonds is 5.